The van der Waals surface area contributed by atoms with Crippen LogP contribution in [0.5, 0.6) is 0 Å². The smallest absolute Gasteiger partial charge is 0.312 e. The van der Waals surface area contributed by atoms with E-state index in [-0.39, 0.29) is 22.8 Å². The minimum atomic E-state index is -0.226. The second-order valence-corrected chi connectivity index (χ2v) is 16.0. The Hall–Kier alpha value is -1.06. The second-order valence-electron chi connectivity index (χ2n) is 16.0. The summed E-state index contributed by atoms with van der Waals surface area (Å²) in [6, 6.07) is 0. The summed E-state index contributed by atoms with van der Waals surface area (Å²) in [5.41, 5.74) is -0.451. The van der Waals surface area contributed by atoms with E-state index < -0.39 is 0 Å². The number of carbonyl (C=O) groups is 2. The first-order valence-corrected chi connectivity index (χ1v) is 17.1. The number of carbonyl (C=O) groups excluding carboxylic acids is 2. The van der Waals surface area contributed by atoms with Crippen LogP contribution in [0.15, 0.2) is 0 Å². The molecule has 0 aromatic heterocycles. The van der Waals surface area contributed by atoms with Crippen LogP contribution in [0.2, 0.25) is 0 Å². The molecule has 0 N–H and O–H groups in total. The summed E-state index contributed by atoms with van der Waals surface area (Å²) in [6.07, 6.45) is 10.6. The number of ether oxygens (including phenoxy) is 2. The van der Waals surface area contributed by atoms with Gasteiger partial charge in [-0.2, -0.15) is 0 Å². The highest BCUT2D eigenvalue weighted by Gasteiger charge is 2.70. The topological polar surface area (TPSA) is 52.6 Å². The van der Waals surface area contributed by atoms with Crippen LogP contribution in [0.4, 0.5) is 0 Å². The Balaban J connectivity index is 0.000000161. The first-order chi connectivity index (χ1) is 18.9. The zero-order valence-electron chi connectivity index (χ0n) is 27.4. The van der Waals surface area contributed by atoms with Crippen molar-refractivity contribution in [1.29, 1.82) is 0 Å². The van der Waals surface area contributed by atoms with Gasteiger partial charge in [0.05, 0.1) is 25.0 Å². The summed E-state index contributed by atoms with van der Waals surface area (Å²) in [5.74, 6) is 10.5. The Kier molecular flexibility index (Phi) is 8.28. The van der Waals surface area contributed by atoms with Crippen molar-refractivity contribution in [2.24, 2.45) is 93.7 Å². The van der Waals surface area contributed by atoms with Gasteiger partial charge in [0.25, 0.3) is 0 Å². The quantitative estimate of drug-likeness (QED) is 0.309. The number of hydrogen-bond acceptors (Lipinski definition) is 4. The van der Waals surface area contributed by atoms with Gasteiger partial charge >= 0.3 is 11.9 Å². The monoisotopic (exact) mass is 556 g/mol. The molecule has 228 valence electrons. The summed E-state index contributed by atoms with van der Waals surface area (Å²) in [5, 5.41) is 0. The Labute approximate surface area is 245 Å². The molecule has 6 rings (SSSR count). The normalized spacial score (nSPS) is 53.1. The maximum absolute atomic E-state index is 12.4. The molecule has 6 aliphatic rings. The molecular weight excluding hydrogens is 496 g/mol. The molecule has 0 spiro atoms. The van der Waals surface area contributed by atoms with E-state index in [1.165, 1.54) is 51.4 Å². The highest BCUT2D eigenvalue weighted by atomic mass is 16.5. The van der Waals surface area contributed by atoms with Crippen LogP contribution in [-0.2, 0) is 19.1 Å². The third kappa shape index (κ3) is 4.02. The number of esters is 2. The highest BCUT2D eigenvalue weighted by molar-refractivity contribution is 5.78. The fourth-order valence-electron chi connectivity index (χ4n) is 13.2. The van der Waals surface area contributed by atoms with E-state index in [0.717, 1.165) is 59.2 Å². The van der Waals surface area contributed by atoms with Crippen molar-refractivity contribution < 1.29 is 19.1 Å². The van der Waals surface area contributed by atoms with Crippen LogP contribution in [0.1, 0.15) is 107 Å². The lowest BCUT2D eigenvalue weighted by molar-refractivity contribution is -0.162. The molecule has 0 aromatic rings. The maximum Gasteiger partial charge on any atom is 0.312 e. The van der Waals surface area contributed by atoms with Crippen molar-refractivity contribution in [3.63, 3.8) is 0 Å². The fraction of sp³-hybridized carbons (Fsp3) is 0.944. The van der Waals surface area contributed by atoms with Gasteiger partial charge in [-0.3, -0.25) is 9.59 Å². The van der Waals surface area contributed by atoms with E-state index in [0.29, 0.717) is 23.7 Å². The SMILES string of the molecule is CCCC1CC(C)C2C3CC(C12)C(C)(C(=O)OC)C3C.CCCC1CC(C)C2C3CC(C12)C(C)(C(=O)OC)C3C. The zero-order chi connectivity index (χ0) is 29.3. The number of methoxy groups -OCH3 is 2. The Morgan fingerprint density at radius 3 is 1.27 bits per heavy atom. The van der Waals surface area contributed by atoms with Gasteiger partial charge in [-0.1, -0.05) is 67.2 Å². The van der Waals surface area contributed by atoms with Gasteiger partial charge < -0.3 is 9.47 Å². The maximum atomic E-state index is 12.4. The minimum Gasteiger partial charge on any atom is -0.469 e. The summed E-state index contributed by atoms with van der Waals surface area (Å²) in [4.78, 5) is 24.9. The van der Waals surface area contributed by atoms with Crippen LogP contribution in [0, 0.1) is 93.7 Å². The third-order valence-electron chi connectivity index (χ3n) is 14.9. The van der Waals surface area contributed by atoms with E-state index in [9.17, 15) is 9.59 Å². The molecule has 6 fully saturated rings. The molecule has 16 unspecified atom stereocenters. The van der Waals surface area contributed by atoms with E-state index in [2.05, 4.69) is 55.4 Å². The van der Waals surface area contributed by atoms with Crippen molar-refractivity contribution in [3.8, 4) is 0 Å². The minimum absolute atomic E-state index is 0.0470. The first-order valence-electron chi connectivity index (χ1n) is 17.1. The molecule has 6 saturated carbocycles. The van der Waals surface area contributed by atoms with Crippen LogP contribution < -0.4 is 0 Å². The van der Waals surface area contributed by atoms with Crippen molar-refractivity contribution in [3.05, 3.63) is 0 Å². The molecule has 0 saturated heterocycles. The van der Waals surface area contributed by atoms with Gasteiger partial charge in [0.15, 0.2) is 0 Å². The molecule has 0 aliphatic heterocycles. The summed E-state index contributed by atoms with van der Waals surface area (Å²) < 4.78 is 10.4. The summed E-state index contributed by atoms with van der Waals surface area (Å²) >= 11 is 0. The Morgan fingerprint density at radius 2 is 0.975 bits per heavy atom. The van der Waals surface area contributed by atoms with E-state index in [4.69, 9.17) is 9.47 Å². The third-order valence-corrected chi connectivity index (χ3v) is 14.9. The van der Waals surface area contributed by atoms with Crippen LogP contribution >= 0.6 is 0 Å². The largest absolute Gasteiger partial charge is 0.469 e. The van der Waals surface area contributed by atoms with Crippen LogP contribution in [-0.4, -0.2) is 26.2 Å². The Bertz CT molecular complexity index is 884. The first kappa shape index (κ1) is 30.4. The molecule has 4 bridgehead atoms. The average Bonchev–Trinajstić information content (AvgIpc) is 3.75. The molecule has 0 heterocycles. The van der Waals surface area contributed by atoms with Crippen molar-refractivity contribution in [1.82, 2.24) is 0 Å². The van der Waals surface area contributed by atoms with Crippen molar-refractivity contribution >= 4 is 11.9 Å². The molecule has 0 amide bonds. The highest BCUT2D eigenvalue weighted by Crippen LogP contribution is 2.72. The lowest BCUT2D eigenvalue weighted by Crippen LogP contribution is -2.47. The lowest BCUT2D eigenvalue weighted by atomic mass is 9.59. The van der Waals surface area contributed by atoms with Gasteiger partial charge in [-0.25, -0.2) is 0 Å². The summed E-state index contributed by atoms with van der Waals surface area (Å²) in [7, 11) is 3.12. The lowest BCUT2D eigenvalue weighted by Gasteiger charge is -2.45. The van der Waals surface area contributed by atoms with E-state index in [1.807, 2.05) is 0 Å². The molecular formula is C36H60O4. The molecule has 4 nitrogen and oxygen atoms in total. The van der Waals surface area contributed by atoms with Crippen molar-refractivity contribution in [2.75, 3.05) is 14.2 Å². The molecule has 16 atom stereocenters. The fourth-order valence-corrected chi connectivity index (χ4v) is 13.2. The van der Waals surface area contributed by atoms with E-state index in [1.54, 1.807) is 14.2 Å². The van der Waals surface area contributed by atoms with Gasteiger partial charge in [-0.15, -0.1) is 0 Å². The van der Waals surface area contributed by atoms with Crippen molar-refractivity contribution in [2.45, 2.75) is 107 Å². The van der Waals surface area contributed by atoms with Gasteiger partial charge in [0.1, 0.15) is 0 Å². The molecule has 4 heteroatoms. The van der Waals surface area contributed by atoms with Gasteiger partial charge in [-0.05, 0) is 122 Å². The van der Waals surface area contributed by atoms with Gasteiger partial charge in [0.2, 0.25) is 0 Å². The molecule has 40 heavy (non-hydrogen) atoms. The Morgan fingerprint density at radius 1 is 0.625 bits per heavy atom. The summed E-state index contributed by atoms with van der Waals surface area (Å²) in [6.45, 7) is 18.5. The zero-order valence-corrected chi connectivity index (χ0v) is 27.4. The number of hydrogen-bond donors (Lipinski definition) is 0. The number of fused-ring (bicyclic) bond motifs is 10. The average molecular weight is 557 g/mol. The predicted octanol–water partition coefficient (Wildman–Crippen LogP) is 8.28. The van der Waals surface area contributed by atoms with Gasteiger partial charge in [0, 0.05) is 0 Å². The van der Waals surface area contributed by atoms with Crippen LogP contribution in [0.25, 0.3) is 0 Å². The molecule has 0 aromatic carbocycles. The number of rotatable bonds is 6. The second kappa shape index (κ2) is 10.9. The molecule has 6 aliphatic carbocycles. The molecule has 0 radical (unpaired) electrons. The van der Waals surface area contributed by atoms with E-state index >= 15 is 0 Å². The van der Waals surface area contributed by atoms with Crippen LogP contribution in [0.3, 0.4) is 0 Å². The standard InChI is InChI=1S/2C18H30O2/c2*1-6-7-12-8-10(2)15-13-9-14(16(12)15)18(4,11(13)3)17(19)20-5/h2*10-16H,6-9H2,1-5H3. The predicted molar refractivity (Wildman–Crippen MR) is 160 cm³/mol.